The first-order chi connectivity index (χ1) is 22.5. The molecule has 0 unspecified atom stereocenters. The molecule has 3 heterocycles. The summed E-state index contributed by atoms with van der Waals surface area (Å²) in [5, 5.41) is 7.45. The van der Waals surface area contributed by atoms with Crippen LogP contribution in [0.4, 0.5) is 0 Å². The fourth-order valence-electron chi connectivity index (χ4n) is 7.50. The molecule has 0 spiro atoms. The molecular formula is C37H46ClN3O6. The van der Waals surface area contributed by atoms with E-state index < -0.39 is 5.91 Å². The molecule has 252 valence electrons. The van der Waals surface area contributed by atoms with Crippen molar-refractivity contribution in [1.29, 1.82) is 0 Å². The van der Waals surface area contributed by atoms with Crippen molar-refractivity contribution in [3.63, 3.8) is 0 Å². The van der Waals surface area contributed by atoms with Gasteiger partial charge in [0, 0.05) is 35.3 Å². The molecule has 1 saturated carbocycles. The number of rotatable bonds is 9. The van der Waals surface area contributed by atoms with E-state index in [0.29, 0.717) is 40.7 Å². The first-order valence-corrected chi connectivity index (χ1v) is 17.3. The van der Waals surface area contributed by atoms with Gasteiger partial charge in [0.15, 0.2) is 22.7 Å². The molecule has 2 N–H and O–H groups in total. The van der Waals surface area contributed by atoms with Gasteiger partial charge in [0.25, 0.3) is 5.91 Å². The second kappa shape index (κ2) is 13.9. The van der Waals surface area contributed by atoms with Crippen molar-refractivity contribution in [2.24, 2.45) is 11.3 Å². The van der Waals surface area contributed by atoms with Crippen molar-refractivity contribution >= 4 is 34.4 Å². The van der Waals surface area contributed by atoms with Crippen LogP contribution in [0.5, 0.6) is 11.5 Å². The number of benzene rings is 2. The third-order valence-corrected chi connectivity index (χ3v) is 10.3. The predicted octanol–water partition coefficient (Wildman–Crippen LogP) is 6.48. The molecule has 2 fully saturated rings. The monoisotopic (exact) mass is 663 g/mol. The molecule has 47 heavy (non-hydrogen) atoms. The second-order valence-electron chi connectivity index (χ2n) is 14.5. The molecule has 2 amide bonds. The number of hydrogen-bond acceptors (Lipinski definition) is 7. The molecule has 2 aliphatic heterocycles. The average Bonchev–Trinajstić information content (AvgIpc) is 3.51. The number of piperidine rings is 1. The first-order valence-electron chi connectivity index (χ1n) is 17.0. The minimum absolute atomic E-state index is 0.0532. The largest absolute Gasteiger partial charge is 0.454 e. The molecule has 0 bridgehead atoms. The third-order valence-electron chi connectivity index (χ3n) is 10.0. The fraction of sp³-hybridized carbons (Fsp3) is 0.541. The highest BCUT2D eigenvalue weighted by Crippen LogP contribution is 2.46. The van der Waals surface area contributed by atoms with Crippen LogP contribution in [0.25, 0.3) is 11.0 Å². The Morgan fingerprint density at radius 1 is 1.00 bits per heavy atom. The minimum atomic E-state index is -0.450. The predicted molar refractivity (Wildman–Crippen MR) is 182 cm³/mol. The number of amides is 2. The molecule has 10 heteroatoms. The Balaban J connectivity index is 1.15. The molecule has 1 aromatic heterocycles. The summed E-state index contributed by atoms with van der Waals surface area (Å²) in [6.45, 7) is 8.69. The van der Waals surface area contributed by atoms with Crippen molar-refractivity contribution in [3.8, 4) is 11.5 Å². The second-order valence-corrected chi connectivity index (χ2v) is 14.9. The first kappa shape index (κ1) is 33.3. The molecule has 1 aliphatic carbocycles. The van der Waals surface area contributed by atoms with Gasteiger partial charge >= 0.3 is 0 Å². The van der Waals surface area contributed by atoms with Gasteiger partial charge in [-0.1, -0.05) is 43.0 Å². The number of carbonyl (C=O) groups excluding carboxylic acids is 2. The number of ether oxygens (including phenoxy) is 2. The zero-order valence-corrected chi connectivity index (χ0v) is 28.4. The summed E-state index contributed by atoms with van der Waals surface area (Å²) in [6, 6.07) is 11.8. The zero-order valence-electron chi connectivity index (χ0n) is 27.7. The van der Waals surface area contributed by atoms with Crippen LogP contribution in [0, 0.1) is 11.3 Å². The summed E-state index contributed by atoms with van der Waals surface area (Å²) in [4.78, 5) is 42.7. The van der Waals surface area contributed by atoms with Crippen LogP contribution in [-0.4, -0.2) is 54.7 Å². The topological polar surface area (TPSA) is 110 Å². The van der Waals surface area contributed by atoms with E-state index in [1.807, 2.05) is 24.3 Å². The zero-order chi connectivity index (χ0) is 33.2. The lowest BCUT2D eigenvalue weighted by Crippen LogP contribution is -2.56. The number of fused-ring (bicyclic) bond motifs is 2. The maximum atomic E-state index is 13.8. The summed E-state index contributed by atoms with van der Waals surface area (Å²) < 4.78 is 16.7. The van der Waals surface area contributed by atoms with Crippen LogP contribution in [0.3, 0.4) is 0 Å². The quantitative estimate of drug-likeness (QED) is 0.270. The Kier molecular flexibility index (Phi) is 9.85. The van der Waals surface area contributed by atoms with Crippen molar-refractivity contribution in [2.45, 2.75) is 90.1 Å². The molecule has 3 aromatic rings. The van der Waals surface area contributed by atoms with Crippen molar-refractivity contribution in [3.05, 3.63) is 69.0 Å². The minimum Gasteiger partial charge on any atom is -0.454 e. The summed E-state index contributed by atoms with van der Waals surface area (Å²) in [5.41, 5.74) is 0.392. The van der Waals surface area contributed by atoms with Gasteiger partial charge in [-0.05, 0) is 102 Å². The van der Waals surface area contributed by atoms with Gasteiger partial charge in [-0.15, -0.1) is 0 Å². The maximum absolute atomic E-state index is 13.8. The van der Waals surface area contributed by atoms with E-state index in [4.69, 9.17) is 25.5 Å². The summed E-state index contributed by atoms with van der Waals surface area (Å²) >= 11 is 6.15. The summed E-state index contributed by atoms with van der Waals surface area (Å²) in [6.07, 6.45) is 8.88. The Hall–Kier alpha value is -3.56. The van der Waals surface area contributed by atoms with Gasteiger partial charge in [0.2, 0.25) is 12.7 Å². The van der Waals surface area contributed by atoms with E-state index in [1.165, 1.54) is 25.3 Å². The Morgan fingerprint density at radius 3 is 2.36 bits per heavy atom. The van der Waals surface area contributed by atoms with Crippen molar-refractivity contribution < 1.29 is 23.5 Å². The molecule has 6 rings (SSSR count). The van der Waals surface area contributed by atoms with Gasteiger partial charge in [-0.25, -0.2) is 0 Å². The lowest BCUT2D eigenvalue weighted by Gasteiger charge is -2.47. The third kappa shape index (κ3) is 7.78. The summed E-state index contributed by atoms with van der Waals surface area (Å²) in [5.74, 6) is 1.09. The SMILES string of the molecule is CC(C)(C)NC(=O)C1(C2CCCCC2)CCN(CC[C@H](Cc2ccc(Cl)cc2)NC(=O)c2cc(=O)c3cc4c(cc3o2)OCO4)CC1. The van der Waals surface area contributed by atoms with Gasteiger partial charge < -0.3 is 29.4 Å². The number of nitrogens with one attached hydrogen (secondary N) is 2. The standard InChI is InChI=1S/C37H46ClN3O6/c1-36(2,3)40-35(44)37(25-7-5-4-6-8-25)14-17-41(18-15-37)16-13-27(19-24-9-11-26(38)12-10-24)39-34(43)33-21-29(42)28-20-31-32(46-23-45-31)22-30(28)47-33/h9-12,20-22,25,27H,4-8,13-19,23H2,1-3H3,(H,39,43)(H,40,44)/t27-/m1/s1. The van der Waals surface area contributed by atoms with E-state index in [0.717, 1.165) is 50.9 Å². The molecule has 2 aromatic carbocycles. The van der Waals surface area contributed by atoms with Crippen molar-refractivity contribution in [1.82, 2.24) is 15.5 Å². The smallest absolute Gasteiger partial charge is 0.287 e. The fourth-order valence-corrected chi connectivity index (χ4v) is 7.62. The van der Waals surface area contributed by atoms with Crippen molar-refractivity contribution in [2.75, 3.05) is 26.4 Å². The van der Waals surface area contributed by atoms with Gasteiger partial charge in [-0.2, -0.15) is 0 Å². The molecule has 1 atom stereocenters. The molecule has 9 nitrogen and oxygen atoms in total. The van der Waals surface area contributed by atoms with Crippen LogP contribution in [0.1, 0.15) is 88.3 Å². The van der Waals surface area contributed by atoms with E-state index >= 15 is 0 Å². The number of nitrogens with zero attached hydrogens (tertiary/aromatic N) is 1. The van der Waals surface area contributed by atoms with E-state index in [1.54, 1.807) is 12.1 Å². The Morgan fingerprint density at radius 2 is 1.68 bits per heavy atom. The highest BCUT2D eigenvalue weighted by Gasteiger charge is 2.48. The number of hydrogen-bond donors (Lipinski definition) is 2. The van der Waals surface area contributed by atoms with Crippen LogP contribution < -0.4 is 25.5 Å². The van der Waals surface area contributed by atoms with E-state index in [2.05, 4.69) is 36.3 Å². The molecule has 3 aliphatic rings. The number of halogens is 1. The van der Waals surface area contributed by atoms with Gasteiger partial charge in [0.05, 0.1) is 10.8 Å². The maximum Gasteiger partial charge on any atom is 0.287 e. The van der Waals surface area contributed by atoms with Gasteiger partial charge in [-0.3, -0.25) is 14.4 Å². The molecule has 1 saturated heterocycles. The van der Waals surface area contributed by atoms with Gasteiger partial charge in [0.1, 0.15) is 5.58 Å². The number of carbonyl (C=O) groups is 2. The lowest BCUT2D eigenvalue weighted by molar-refractivity contribution is -0.141. The lowest BCUT2D eigenvalue weighted by atomic mass is 9.63. The highest BCUT2D eigenvalue weighted by molar-refractivity contribution is 6.30. The van der Waals surface area contributed by atoms with E-state index in [-0.39, 0.29) is 46.5 Å². The van der Waals surface area contributed by atoms with Crippen LogP contribution in [-0.2, 0) is 11.2 Å². The normalized spacial score (nSPS) is 19.0. The average molecular weight is 664 g/mol. The highest BCUT2D eigenvalue weighted by atomic mass is 35.5. The molecule has 0 radical (unpaired) electrons. The Labute approximate surface area is 281 Å². The molecular weight excluding hydrogens is 618 g/mol. The number of likely N-dealkylation sites (tertiary alicyclic amines) is 1. The van der Waals surface area contributed by atoms with Crippen LogP contribution >= 0.6 is 11.6 Å². The Bertz CT molecular complexity index is 1650. The van der Waals surface area contributed by atoms with E-state index in [9.17, 15) is 14.4 Å². The summed E-state index contributed by atoms with van der Waals surface area (Å²) in [7, 11) is 0. The van der Waals surface area contributed by atoms with Crippen LogP contribution in [0.15, 0.2) is 51.7 Å². The van der Waals surface area contributed by atoms with Crippen LogP contribution in [0.2, 0.25) is 5.02 Å².